The zero-order chi connectivity index (χ0) is 24.8. The number of methoxy groups -OCH3 is 2. The average Bonchev–Trinajstić information content (AvgIpc) is 3.52. The van der Waals surface area contributed by atoms with Crippen molar-refractivity contribution in [1.82, 2.24) is 20.3 Å². The highest BCUT2D eigenvalue weighted by molar-refractivity contribution is 8.00. The minimum absolute atomic E-state index is 0.297. The van der Waals surface area contributed by atoms with Gasteiger partial charge in [-0.1, -0.05) is 5.16 Å². The largest absolute Gasteiger partial charge is 0.496 e. The number of carbonyl (C=O) groups is 2. The summed E-state index contributed by atoms with van der Waals surface area (Å²) in [6.45, 7) is 0.756. The molecule has 0 saturated carbocycles. The number of benzene rings is 2. The summed E-state index contributed by atoms with van der Waals surface area (Å²) in [6.07, 6.45) is 8.54. The van der Waals surface area contributed by atoms with Crippen LogP contribution in [0.4, 0.5) is 5.82 Å². The van der Waals surface area contributed by atoms with Crippen LogP contribution in [-0.4, -0.2) is 41.0 Å². The molecule has 2 heterocycles. The number of amides is 1. The molecule has 4 aromatic rings. The van der Waals surface area contributed by atoms with Gasteiger partial charge in [0, 0.05) is 23.2 Å². The molecule has 178 valence electrons. The van der Waals surface area contributed by atoms with Gasteiger partial charge >= 0.3 is 5.97 Å². The van der Waals surface area contributed by atoms with Gasteiger partial charge < -0.3 is 24.0 Å². The lowest BCUT2D eigenvalue weighted by Gasteiger charge is -2.08. The Morgan fingerprint density at radius 3 is 2.71 bits per heavy atom. The predicted octanol–water partition coefficient (Wildman–Crippen LogP) is 3.24. The van der Waals surface area contributed by atoms with Crippen LogP contribution in [0.2, 0.25) is 0 Å². The molecule has 0 radical (unpaired) electrons. The van der Waals surface area contributed by atoms with Crippen LogP contribution in [0.3, 0.4) is 0 Å². The number of aromatic nitrogens is 3. The molecule has 0 aliphatic rings. The third kappa shape index (κ3) is 5.56. The SMILES string of the molecule is C#CC(=O)NCc1cnn(Cc2cc(OC)c3c(NSc4ccc(C(=O)OC)cc4)noc3c2)c1. The van der Waals surface area contributed by atoms with Crippen LogP contribution < -0.4 is 14.8 Å². The molecular weight excluding hydrogens is 470 g/mol. The molecule has 0 aliphatic carbocycles. The van der Waals surface area contributed by atoms with E-state index in [-0.39, 0.29) is 5.97 Å². The molecule has 0 bridgehead atoms. The number of hydrogen-bond donors (Lipinski definition) is 2. The zero-order valence-electron chi connectivity index (χ0n) is 18.9. The van der Waals surface area contributed by atoms with E-state index in [2.05, 4.69) is 20.3 Å². The van der Waals surface area contributed by atoms with Crippen molar-refractivity contribution in [2.24, 2.45) is 0 Å². The molecule has 2 aromatic carbocycles. The van der Waals surface area contributed by atoms with Crippen molar-refractivity contribution in [3.05, 3.63) is 65.5 Å². The maximum atomic E-state index is 11.6. The zero-order valence-corrected chi connectivity index (χ0v) is 19.7. The van der Waals surface area contributed by atoms with Gasteiger partial charge in [0.05, 0.1) is 32.5 Å². The van der Waals surface area contributed by atoms with E-state index in [1.165, 1.54) is 19.1 Å². The highest BCUT2D eigenvalue weighted by atomic mass is 32.2. The first-order valence-corrected chi connectivity index (χ1v) is 11.2. The number of nitrogens with one attached hydrogen (secondary N) is 2. The number of rotatable bonds is 9. The normalized spacial score (nSPS) is 10.5. The molecule has 0 saturated heterocycles. The summed E-state index contributed by atoms with van der Waals surface area (Å²) in [5.41, 5.74) is 2.74. The summed E-state index contributed by atoms with van der Waals surface area (Å²) in [7, 11) is 2.92. The summed E-state index contributed by atoms with van der Waals surface area (Å²) in [5.74, 6) is 2.25. The maximum absolute atomic E-state index is 11.6. The first kappa shape index (κ1) is 23.7. The van der Waals surface area contributed by atoms with Crippen LogP contribution in [0.1, 0.15) is 21.5 Å². The van der Waals surface area contributed by atoms with Crippen molar-refractivity contribution < 1.29 is 23.6 Å². The number of anilines is 1. The Morgan fingerprint density at radius 2 is 2.00 bits per heavy atom. The van der Waals surface area contributed by atoms with Crippen LogP contribution in [-0.2, 0) is 22.6 Å². The van der Waals surface area contributed by atoms with Gasteiger partial charge in [-0.3, -0.25) is 9.48 Å². The summed E-state index contributed by atoms with van der Waals surface area (Å²) in [4.78, 5) is 23.7. The van der Waals surface area contributed by atoms with E-state index in [4.69, 9.17) is 20.4 Å². The van der Waals surface area contributed by atoms with Crippen LogP contribution in [0.5, 0.6) is 5.75 Å². The molecule has 4 rings (SSSR count). The van der Waals surface area contributed by atoms with Gasteiger partial charge in [0.1, 0.15) is 11.1 Å². The minimum atomic E-state index is -0.473. The minimum Gasteiger partial charge on any atom is -0.496 e. The average molecular weight is 492 g/mol. The molecule has 1 amide bonds. The molecule has 2 aromatic heterocycles. The Morgan fingerprint density at radius 1 is 1.20 bits per heavy atom. The summed E-state index contributed by atoms with van der Waals surface area (Å²) in [5, 5.41) is 11.8. The lowest BCUT2D eigenvalue weighted by atomic mass is 10.1. The number of nitrogens with zero attached hydrogens (tertiary/aromatic N) is 3. The molecule has 0 fully saturated rings. The molecule has 0 spiro atoms. The van der Waals surface area contributed by atoms with Gasteiger partial charge in [0.15, 0.2) is 11.4 Å². The fraction of sp³-hybridized carbons (Fsp3) is 0.167. The molecule has 2 N–H and O–H groups in total. The summed E-state index contributed by atoms with van der Waals surface area (Å²) < 4.78 is 20.8. The van der Waals surface area contributed by atoms with Crippen molar-refractivity contribution in [1.29, 1.82) is 0 Å². The van der Waals surface area contributed by atoms with Gasteiger partial charge in [0.2, 0.25) is 0 Å². The number of ether oxygens (including phenoxy) is 2. The van der Waals surface area contributed by atoms with Gasteiger partial charge in [-0.25, -0.2) is 4.79 Å². The third-order valence-electron chi connectivity index (χ3n) is 4.97. The lowest BCUT2D eigenvalue weighted by Crippen LogP contribution is -2.20. The quantitative estimate of drug-likeness (QED) is 0.206. The molecule has 0 atom stereocenters. The summed E-state index contributed by atoms with van der Waals surface area (Å²) in [6, 6.07) is 10.7. The molecule has 35 heavy (non-hydrogen) atoms. The van der Waals surface area contributed by atoms with E-state index in [0.29, 0.717) is 41.2 Å². The van der Waals surface area contributed by atoms with Crippen molar-refractivity contribution >= 4 is 40.6 Å². The standard InChI is InChI=1S/C24H21N5O5S/c1-4-21(30)25-11-16-12-26-29(14-16)13-15-9-19(32-2)22-20(10-15)34-27-23(22)28-35-18-7-5-17(6-8-18)24(31)33-3/h1,5-10,12,14H,11,13H2,2-3H3,(H,25,30)(H,27,28). The Bertz CT molecular complexity index is 1400. The fourth-order valence-electron chi connectivity index (χ4n) is 3.30. The van der Waals surface area contributed by atoms with Crippen molar-refractivity contribution in [2.45, 2.75) is 18.0 Å². The van der Waals surface area contributed by atoms with E-state index < -0.39 is 5.91 Å². The van der Waals surface area contributed by atoms with E-state index >= 15 is 0 Å². The fourth-order valence-corrected chi connectivity index (χ4v) is 3.93. The van der Waals surface area contributed by atoms with Gasteiger partial charge in [-0.15, -0.1) is 6.42 Å². The Kier molecular flexibility index (Phi) is 7.23. The Balaban J connectivity index is 1.47. The van der Waals surface area contributed by atoms with Crippen molar-refractivity contribution in [2.75, 3.05) is 18.9 Å². The van der Waals surface area contributed by atoms with Crippen LogP contribution >= 0.6 is 11.9 Å². The predicted molar refractivity (Wildman–Crippen MR) is 130 cm³/mol. The first-order chi connectivity index (χ1) is 17.0. The van der Waals surface area contributed by atoms with E-state index in [9.17, 15) is 9.59 Å². The number of esters is 1. The molecule has 0 unspecified atom stereocenters. The highest BCUT2D eigenvalue weighted by Gasteiger charge is 2.16. The second kappa shape index (κ2) is 10.7. The number of carbonyl (C=O) groups excluding carboxylic acids is 2. The number of hydrogen-bond acceptors (Lipinski definition) is 9. The van der Waals surface area contributed by atoms with Crippen LogP contribution in [0, 0.1) is 12.3 Å². The maximum Gasteiger partial charge on any atom is 0.337 e. The first-order valence-electron chi connectivity index (χ1n) is 10.3. The molecule has 11 heteroatoms. The molecular formula is C24H21N5O5S. The van der Waals surface area contributed by atoms with Gasteiger partial charge in [0.25, 0.3) is 5.91 Å². The smallest absolute Gasteiger partial charge is 0.337 e. The molecule has 10 nitrogen and oxygen atoms in total. The monoisotopic (exact) mass is 491 g/mol. The number of terminal acetylenes is 1. The molecule has 0 aliphatic heterocycles. The number of fused-ring (bicyclic) bond motifs is 1. The van der Waals surface area contributed by atoms with Crippen LogP contribution in [0.15, 0.2) is 58.2 Å². The van der Waals surface area contributed by atoms with Crippen molar-refractivity contribution in [3.63, 3.8) is 0 Å². The Labute approximate surface area is 205 Å². The van der Waals surface area contributed by atoms with E-state index in [1.54, 1.807) is 42.3 Å². The summed E-state index contributed by atoms with van der Waals surface area (Å²) >= 11 is 1.32. The second-order valence-corrected chi connectivity index (χ2v) is 8.18. The lowest BCUT2D eigenvalue weighted by molar-refractivity contribution is -0.115. The van der Waals surface area contributed by atoms with Crippen LogP contribution in [0.25, 0.3) is 11.0 Å². The highest BCUT2D eigenvalue weighted by Crippen LogP contribution is 2.35. The van der Waals surface area contributed by atoms with E-state index in [1.807, 2.05) is 24.3 Å². The van der Waals surface area contributed by atoms with Gasteiger partial charge in [-0.05, 0) is 59.8 Å². The van der Waals surface area contributed by atoms with Gasteiger partial charge in [-0.2, -0.15) is 5.10 Å². The van der Waals surface area contributed by atoms with Crippen molar-refractivity contribution in [3.8, 4) is 18.1 Å². The van der Waals surface area contributed by atoms with E-state index in [0.717, 1.165) is 16.0 Å². The Hall–Kier alpha value is -4.43. The second-order valence-electron chi connectivity index (χ2n) is 7.30. The third-order valence-corrected chi connectivity index (χ3v) is 5.78. The topological polar surface area (TPSA) is 121 Å².